The zero-order valence-corrected chi connectivity index (χ0v) is 7.06. The van der Waals surface area contributed by atoms with Crippen LogP contribution >= 0.6 is 0 Å². The van der Waals surface area contributed by atoms with E-state index in [2.05, 4.69) is 0 Å². The van der Waals surface area contributed by atoms with Gasteiger partial charge in [-0.15, -0.1) is 0 Å². The maximum atomic E-state index is 11.1. The second-order valence-corrected chi connectivity index (χ2v) is 2.60. The van der Waals surface area contributed by atoms with Gasteiger partial charge in [-0.2, -0.15) is 0 Å². The number of amides is 1. The van der Waals surface area contributed by atoms with Crippen LogP contribution < -0.4 is 0 Å². The molecule has 68 valence electrons. The molecule has 0 fully saturated rings. The standard InChI is InChI=1S/C8H13NO3/c1-2-12-8(11)9-5-3-4-7(10)6-9/h3-4,7,10H,2,5-6H2,1H3/t7-/m1/s1. The SMILES string of the molecule is CCOC(=O)N1CC=C[C@@H](O)C1. The summed E-state index contributed by atoms with van der Waals surface area (Å²) in [6, 6.07) is 0. The quantitative estimate of drug-likeness (QED) is 0.580. The van der Waals surface area contributed by atoms with Crippen LogP contribution in [-0.4, -0.2) is 41.9 Å². The Labute approximate surface area is 71.4 Å². The Morgan fingerprint density at radius 1 is 1.83 bits per heavy atom. The van der Waals surface area contributed by atoms with E-state index in [0.717, 1.165) is 0 Å². The molecule has 0 bridgehead atoms. The van der Waals surface area contributed by atoms with Crippen molar-refractivity contribution in [1.82, 2.24) is 4.90 Å². The molecular weight excluding hydrogens is 158 g/mol. The minimum atomic E-state index is -0.553. The second kappa shape index (κ2) is 4.11. The fourth-order valence-electron chi connectivity index (χ4n) is 1.07. The number of hydrogen-bond donors (Lipinski definition) is 1. The smallest absolute Gasteiger partial charge is 0.410 e. The Morgan fingerprint density at radius 2 is 2.58 bits per heavy atom. The average Bonchev–Trinajstić information content (AvgIpc) is 2.05. The summed E-state index contributed by atoms with van der Waals surface area (Å²) in [6.07, 6.45) is 2.52. The Morgan fingerprint density at radius 3 is 3.17 bits per heavy atom. The molecule has 4 heteroatoms. The second-order valence-electron chi connectivity index (χ2n) is 2.60. The van der Waals surface area contributed by atoms with Crippen LogP contribution in [0.1, 0.15) is 6.92 Å². The van der Waals surface area contributed by atoms with Crippen molar-refractivity contribution in [3.05, 3.63) is 12.2 Å². The van der Waals surface area contributed by atoms with Gasteiger partial charge in [-0.1, -0.05) is 12.2 Å². The fraction of sp³-hybridized carbons (Fsp3) is 0.625. The molecule has 0 aromatic heterocycles. The molecule has 0 saturated heterocycles. The van der Waals surface area contributed by atoms with Crippen molar-refractivity contribution in [3.8, 4) is 0 Å². The van der Waals surface area contributed by atoms with Crippen LogP contribution in [0.15, 0.2) is 12.2 Å². The molecule has 0 saturated carbocycles. The molecule has 4 nitrogen and oxygen atoms in total. The molecular formula is C8H13NO3. The molecule has 1 N–H and O–H groups in total. The summed E-state index contributed by atoms with van der Waals surface area (Å²) in [6.45, 7) is 2.98. The van der Waals surface area contributed by atoms with Gasteiger partial charge in [-0.05, 0) is 6.92 Å². The normalized spacial score (nSPS) is 22.5. The van der Waals surface area contributed by atoms with Crippen molar-refractivity contribution in [3.63, 3.8) is 0 Å². The number of aliphatic hydroxyl groups excluding tert-OH is 1. The lowest BCUT2D eigenvalue weighted by molar-refractivity contribution is 0.0879. The van der Waals surface area contributed by atoms with E-state index in [0.29, 0.717) is 19.7 Å². The molecule has 1 aliphatic rings. The van der Waals surface area contributed by atoms with Gasteiger partial charge >= 0.3 is 6.09 Å². The van der Waals surface area contributed by atoms with Crippen LogP contribution in [0.3, 0.4) is 0 Å². The third-order valence-corrected chi connectivity index (χ3v) is 1.62. The Balaban J connectivity index is 2.43. The number of carbonyl (C=O) groups excluding carboxylic acids is 1. The number of ether oxygens (including phenoxy) is 1. The highest BCUT2D eigenvalue weighted by molar-refractivity contribution is 5.68. The van der Waals surface area contributed by atoms with Gasteiger partial charge in [0.25, 0.3) is 0 Å². The Kier molecular flexibility index (Phi) is 3.10. The Bertz CT molecular complexity index is 191. The largest absolute Gasteiger partial charge is 0.450 e. The number of β-amino-alcohol motifs (C(OH)–C–C–N with tert-alkyl or cyclic N) is 1. The van der Waals surface area contributed by atoms with Crippen LogP contribution in [-0.2, 0) is 4.74 Å². The first kappa shape index (κ1) is 9.06. The Hall–Kier alpha value is -1.03. The predicted molar refractivity (Wildman–Crippen MR) is 43.7 cm³/mol. The molecule has 0 aromatic rings. The highest BCUT2D eigenvalue weighted by atomic mass is 16.6. The lowest BCUT2D eigenvalue weighted by Gasteiger charge is -2.25. The van der Waals surface area contributed by atoms with Crippen molar-refractivity contribution in [2.45, 2.75) is 13.0 Å². The van der Waals surface area contributed by atoms with Crippen molar-refractivity contribution in [2.75, 3.05) is 19.7 Å². The summed E-state index contributed by atoms with van der Waals surface area (Å²) in [5, 5.41) is 9.16. The fourth-order valence-corrected chi connectivity index (χ4v) is 1.07. The van der Waals surface area contributed by atoms with Crippen LogP contribution in [0.5, 0.6) is 0 Å². The third kappa shape index (κ3) is 2.23. The zero-order chi connectivity index (χ0) is 8.97. The van der Waals surface area contributed by atoms with E-state index in [-0.39, 0.29) is 6.09 Å². The van der Waals surface area contributed by atoms with Gasteiger partial charge in [0.1, 0.15) is 0 Å². The average molecular weight is 171 g/mol. The lowest BCUT2D eigenvalue weighted by Crippen LogP contribution is -2.39. The maximum absolute atomic E-state index is 11.1. The van der Waals surface area contributed by atoms with E-state index >= 15 is 0 Å². The van der Waals surface area contributed by atoms with Crippen molar-refractivity contribution >= 4 is 6.09 Å². The number of carbonyl (C=O) groups is 1. The minimum absolute atomic E-state index is 0.329. The highest BCUT2D eigenvalue weighted by Crippen LogP contribution is 2.03. The van der Waals surface area contributed by atoms with Gasteiger partial charge in [-0.25, -0.2) is 4.79 Å². The number of rotatable bonds is 1. The predicted octanol–water partition coefficient (Wildman–Crippen LogP) is 0.376. The minimum Gasteiger partial charge on any atom is -0.450 e. The van der Waals surface area contributed by atoms with Crippen LogP contribution in [0.2, 0.25) is 0 Å². The van der Waals surface area contributed by atoms with Gasteiger partial charge in [0.05, 0.1) is 19.3 Å². The van der Waals surface area contributed by atoms with Gasteiger partial charge in [0.2, 0.25) is 0 Å². The molecule has 0 aromatic carbocycles. The van der Waals surface area contributed by atoms with Crippen molar-refractivity contribution in [2.24, 2.45) is 0 Å². The summed E-state index contributed by atoms with van der Waals surface area (Å²) >= 11 is 0. The van der Waals surface area contributed by atoms with Gasteiger partial charge in [0, 0.05) is 6.54 Å². The van der Waals surface area contributed by atoms with E-state index in [4.69, 9.17) is 9.84 Å². The van der Waals surface area contributed by atoms with Crippen molar-refractivity contribution in [1.29, 1.82) is 0 Å². The van der Waals surface area contributed by atoms with E-state index in [1.807, 2.05) is 0 Å². The van der Waals surface area contributed by atoms with E-state index < -0.39 is 6.10 Å². The zero-order valence-electron chi connectivity index (χ0n) is 7.06. The lowest BCUT2D eigenvalue weighted by atomic mass is 10.2. The number of hydrogen-bond acceptors (Lipinski definition) is 3. The first-order valence-electron chi connectivity index (χ1n) is 4.00. The molecule has 0 unspecified atom stereocenters. The number of aliphatic hydroxyl groups is 1. The van der Waals surface area contributed by atoms with Crippen LogP contribution in [0, 0.1) is 0 Å². The summed E-state index contributed by atoms with van der Waals surface area (Å²) < 4.78 is 4.77. The molecule has 1 aliphatic heterocycles. The van der Waals surface area contributed by atoms with Gasteiger partial charge in [0.15, 0.2) is 0 Å². The topological polar surface area (TPSA) is 49.8 Å². The van der Waals surface area contributed by atoms with E-state index in [1.54, 1.807) is 19.1 Å². The molecule has 1 amide bonds. The van der Waals surface area contributed by atoms with Gasteiger partial charge < -0.3 is 14.7 Å². The molecule has 0 spiro atoms. The molecule has 1 rings (SSSR count). The molecule has 1 atom stereocenters. The first-order chi connectivity index (χ1) is 5.74. The molecule has 0 radical (unpaired) electrons. The van der Waals surface area contributed by atoms with Gasteiger partial charge in [-0.3, -0.25) is 0 Å². The maximum Gasteiger partial charge on any atom is 0.410 e. The number of nitrogens with zero attached hydrogens (tertiary/aromatic N) is 1. The summed E-state index contributed by atoms with van der Waals surface area (Å²) in [7, 11) is 0. The molecule has 1 heterocycles. The van der Waals surface area contributed by atoms with E-state index in [1.165, 1.54) is 4.90 Å². The summed E-state index contributed by atoms with van der Waals surface area (Å²) in [5.41, 5.74) is 0. The van der Waals surface area contributed by atoms with Crippen LogP contribution in [0.4, 0.5) is 4.79 Å². The highest BCUT2D eigenvalue weighted by Gasteiger charge is 2.18. The molecule has 0 aliphatic carbocycles. The van der Waals surface area contributed by atoms with Crippen molar-refractivity contribution < 1.29 is 14.6 Å². The van der Waals surface area contributed by atoms with E-state index in [9.17, 15) is 4.79 Å². The third-order valence-electron chi connectivity index (χ3n) is 1.62. The summed E-state index contributed by atoms with van der Waals surface area (Å²) in [5.74, 6) is 0. The monoisotopic (exact) mass is 171 g/mol. The molecule has 12 heavy (non-hydrogen) atoms. The summed E-state index contributed by atoms with van der Waals surface area (Å²) in [4.78, 5) is 12.6. The first-order valence-corrected chi connectivity index (χ1v) is 4.00. The van der Waals surface area contributed by atoms with Crippen LogP contribution in [0.25, 0.3) is 0 Å².